The lowest BCUT2D eigenvalue weighted by Gasteiger charge is -2.27. The van der Waals surface area contributed by atoms with E-state index >= 15 is 0 Å². The Balaban J connectivity index is 2.15. The normalized spacial score (nSPS) is 16.6. The molecule has 1 aliphatic heterocycles. The van der Waals surface area contributed by atoms with Crippen LogP contribution < -0.4 is 9.64 Å². The molecule has 0 fully saturated rings. The van der Waals surface area contributed by atoms with Crippen molar-refractivity contribution < 1.29 is 19.7 Å². The number of carbonyl (C=O) groups excluding carboxylic acids is 1. The van der Waals surface area contributed by atoms with Gasteiger partial charge < -0.3 is 19.8 Å². The monoisotopic (exact) mass is 373 g/mol. The Bertz CT molecular complexity index is 876. The molecule has 26 heavy (non-hydrogen) atoms. The number of β-amino-alcohol motifs (C(OH)–C–C–N with tert-alkyl or cyclic N) is 1. The van der Waals surface area contributed by atoms with Crippen LogP contribution in [0.5, 0.6) is 11.5 Å². The van der Waals surface area contributed by atoms with Crippen LogP contribution in [-0.2, 0) is 10.2 Å². The number of phenols is 1. The van der Waals surface area contributed by atoms with Crippen molar-refractivity contribution >= 4 is 29.8 Å². The number of para-hydroxylation sites is 1. The molecule has 0 radical (unpaired) electrons. The summed E-state index contributed by atoms with van der Waals surface area (Å²) in [6, 6.07) is 10.6. The van der Waals surface area contributed by atoms with Gasteiger partial charge in [0, 0.05) is 33.9 Å². The molecule has 2 aromatic carbocycles. The fourth-order valence-electron chi connectivity index (χ4n) is 3.40. The average Bonchev–Trinajstić information content (AvgIpc) is 2.80. The van der Waals surface area contributed by atoms with Crippen LogP contribution in [0.2, 0.25) is 5.02 Å². The number of fused-ring (bicyclic) bond motifs is 1. The number of carbonyl (C=O) groups is 1. The second-order valence-electron chi connectivity index (χ2n) is 6.60. The van der Waals surface area contributed by atoms with Crippen molar-refractivity contribution in [3.05, 3.63) is 58.2 Å². The van der Waals surface area contributed by atoms with Crippen molar-refractivity contribution in [1.29, 1.82) is 0 Å². The van der Waals surface area contributed by atoms with Crippen molar-refractivity contribution in [2.75, 3.05) is 18.1 Å². The number of aromatic hydroxyl groups is 1. The minimum atomic E-state index is -0.386. The Morgan fingerprint density at radius 3 is 2.73 bits per heavy atom. The van der Waals surface area contributed by atoms with Crippen LogP contribution in [0.25, 0.3) is 6.08 Å². The third-order valence-electron chi connectivity index (χ3n) is 4.68. The number of rotatable bonds is 5. The van der Waals surface area contributed by atoms with Crippen molar-refractivity contribution in [2.24, 2.45) is 0 Å². The van der Waals surface area contributed by atoms with Gasteiger partial charge in [-0.05, 0) is 35.9 Å². The van der Waals surface area contributed by atoms with Crippen molar-refractivity contribution in [2.45, 2.75) is 19.3 Å². The Hall–Kier alpha value is -2.50. The number of nitrogens with zero attached hydrogens (tertiary/aromatic N) is 1. The summed E-state index contributed by atoms with van der Waals surface area (Å²) in [5.41, 5.74) is 3.06. The van der Waals surface area contributed by atoms with Crippen molar-refractivity contribution in [1.82, 2.24) is 0 Å². The van der Waals surface area contributed by atoms with E-state index in [-0.39, 0.29) is 30.0 Å². The Morgan fingerprint density at radius 1 is 1.27 bits per heavy atom. The standard InChI is InChI=1S/C20H20ClNO4/c1-20(2)15-11-14(21)6-7-16(15)22(8-9-23)18(20)10-13-4-3-5-17(19(13)25)26-12-24/h3-7,10-12,23,25H,8-9H2,1-2H3/b18-10+. The zero-order valence-electron chi connectivity index (χ0n) is 14.6. The molecule has 0 atom stereocenters. The number of halogens is 1. The first-order valence-electron chi connectivity index (χ1n) is 8.23. The second-order valence-corrected chi connectivity index (χ2v) is 7.04. The van der Waals surface area contributed by atoms with Crippen LogP contribution >= 0.6 is 11.6 Å². The summed E-state index contributed by atoms with van der Waals surface area (Å²) in [5, 5.41) is 20.6. The van der Waals surface area contributed by atoms with Gasteiger partial charge in [0.25, 0.3) is 6.47 Å². The van der Waals surface area contributed by atoms with Crippen LogP contribution in [0.3, 0.4) is 0 Å². The van der Waals surface area contributed by atoms with Crippen LogP contribution in [0, 0.1) is 0 Å². The fourth-order valence-corrected chi connectivity index (χ4v) is 3.57. The molecule has 0 unspecified atom stereocenters. The van der Waals surface area contributed by atoms with Gasteiger partial charge in [-0.2, -0.15) is 0 Å². The molecule has 136 valence electrons. The summed E-state index contributed by atoms with van der Waals surface area (Å²) in [5.74, 6) is -0.0137. The number of allylic oxidation sites excluding steroid dienone is 1. The first kappa shape index (κ1) is 18.3. The summed E-state index contributed by atoms with van der Waals surface area (Å²) in [7, 11) is 0. The predicted molar refractivity (Wildman–Crippen MR) is 102 cm³/mol. The summed E-state index contributed by atoms with van der Waals surface area (Å²) in [6.45, 7) is 4.80. The molecule has 0 aromatic heterocycles. The molecular formula is C20H20ClNO4. The summed E-state index contributed by atoms with van der Waals surface area (Å²) < 4.78 is 4.81. The van der Waals surface area contributed by atoms with E-state index in [2.05, 4.69) is 13.8 Å². The highest BCUT2D eigenvalue weighted by atomic mass is 35.5. The number of aliphatic hydroxyl groups excluding tert-OH is 1. The lowest BCUT2D eigenvalue weighted by Crippen LogP contribution is -2.28. The number of phenolic OH excluding ortho intramolecular Hbond substituents is 1. The maximum atomic E-state index is 10.6. The molecule has 0 bridgehead atoms. The third-order valence-corrected chi connectivity index (χ3v) is 4.91. The SMILES string of the molecule is CC1(C)/C(=C\c2cccc(OC=O)c2O)N(CCO)c2ccc(Cl)cc21. The highest BCUT2D eigenvalue weighted by molar-refractivity contribution is 6.30. The van der Waals surface area contributed by atoms with Gasteiger partial charge in [0.05, 0.1) is 6.61 Å². The highest BCUT2D eigenvalue weighted by Crippen LogP contribution is 2.49. The number of aliphatic hydroxyl groups is 1. The minimum absolute atomic E-state index is 0.0181. The molecule has 0 spiro atoms. The topological polar surface area (TPSA) is 70.0 Å². The van der Waals surface area contributed by atoms with Crippen LogP contribution in [-0.4, -0.2) is 29.8 Å². The van der Waals surface area contributed by atoms with E-state index in [4.69, 9.17) is 16.3 Å². The lowest BCUT2D eigenvalue weighted by atomic mass is 9.83. The van der Waals surface area contributed by atoms with Crippen LogP contribution in [0.4, 0.5) is 5.69 Å². The van der Waals surface area contributed by atoms with Crippen LogP contribution in [0.1, 0.15) is 25.0 Å². The van der Waals surface area contributed by atoms with E-state index in [1.165, 1.54) is 6.07 Å². The number of ether oxygens (including phenoxy) is 1. The summed E-state index contributed by atoms with van der Waals surface area (Å²) in [4.78, 5) is 12.6. The molecule has 1 aliphatic rings. The van der Waals surface area contributed by atoms with Crippen molar-refractivity contribution in [3.63, 3.8) is 0 Å². The average molecular weight is 374 g/mol. The van der Waals surface area contributed by atoms with Crippen molar-refractivity contribution in [3.8, 4) is 11.5 Å². The molecule has 6 heteroatoms. The van der Waals surface area contributed by atoms with Gasteiger partial charge in [0.2, 0.25) is 0 Å². The molecule has 3 rings (SSSR count). The third kappa shape index (κ3) is 3.04. The first-order valence-corrected chi connectivity index (χ1v) is 8.61. The number of hydrogen-bond donors (Lipinski definition) is 2. The maximum absolute atomic E-state index is 10.6. The maximum Gasteiger partial charge on any atom is 0.298 e. The quantitative estimate of drug-likeness (QED) is 0.782. The fraction of sp³-hybridized carbons (Fsp3) is 0.250. The summed E-state index contributed by atoms with van der Waals surface area (Å²) in [6.07, 6.45) is 1.84. The zero-order chi connectivity index (χ0) is 18.9. The smallest absolute Gasteiger partial charge is 0.298 e. The van der Waals surface area contributed by atoms with E-state index in [0.29, 0.717) is 17.1 Å². The Morgan fingerprint density at radius 2 is 2.04 bits per heavy atom. The highest BCUT2D eigenvalue weighted by Gasteiger charge is 2.40. The molecule has 0 saturated heterocycles. The molecule has 0 amide bonds. The molecule has 5 nitrogen and oxygen atoms in total. The predicted octanol–water partition coefficient (Wildman–Crippen LogP) is 3.71. The van der Waals surface area contributed by atoms with Gasteiger partial charge >= 0.3 is 0 Å². The molecule has 2 N–H and O–H groups in total. The minimum Gasteiger partial charge on any atom is -0.504 e. The zero-order valence-corrected chi connectivity index (χ0v) is 15.3. The first-order chi connectivity index (χ1) is 12.4. The summed E-state index contributed by atoms with van der Waals surface area (Å²) >= 11 is 6.19. The van der Waals surface area contributed by atoms with E-state index < -0.39 is 0 Å². The van der Waals surface area contributed by atoms with Gasteiger partial charge in [-0.15, -0.1) is 0 Å². The molecule has 0 saturated carbocycles. The number of anilines is 1. The van der Waals surface area contributed by atoms with Gasteiger partial charge in [-0.1, -0.05) is 37.6 Å². The van der Waals surface area contributed by atoms with Gasteiger partial charge in [0.15, 0.2) is 11.5 Å². The molecular weight excluding hydrogens is 354 g/mol. The lowest BCUT2D eigenvalue weighted by molar-refractivity contribution is -0.120. The molecule has 2 aromatic rings. The van der Waals surface area contributed by atoms with Crippen LogP contribution in [0.15, 0.2) is 42.1 Å². The van der Waals surface area contributed by atoms with E-state index in [1.54, 1.807) is 12.1 Å². The van der Waals surface area contributed by atoms with Gasteiger partial charge in [0.1, 0.15) is 0 Å². The largest absolute Gasteiger partial charge is 0.504 e. The number of hydrogen-bond acceptors (Lipinski definition) is 5. The Kier molecular flexibility index (Phi) is 4.94. The van der Waals surface area contributed by atoms with E-state index in [0.717, 1.165) is 16.9 Å². The molecule has 1 heterocycles. The number of benzene rings is 2. The molecule has 0 aliphatic carbocycles. The van der Waals surface area contributed by atoms with Gasteiger partial charge in [-0.25, -0.2) is 0 Å². The van der Waals surface area contributed by atoms with Gasteiger partial charge in [-0.3, -0.25) is 4.79 Å². The second kappa shape index (κ2) is 7.02. The van der Waals surface area contributed by atoms with E-state index in [1.807, 2.05) is 29.2 Å². The Labute approximate surface area is 157 Å². The van der Waals surface area contributed by atoms with E-state index in [9.17, 15) is 15.0 Å².